The van der Waals surface area contributed by atoms with Gasteiger partial charge in [0.1, 0.15) is 5.82 Å². The number of para-hydroxylation sites is 1. The number of methoxy groups -OCH3 is 2. The lowest BCUT2D eigenvalue weighted by molar-refractivity contribution is 0.354. The zero-order chi connectivity index (χ0) is 18.2. The molecule has 0 amide bonds. The standard InChI is InChI=1S/C19H23FN2O2S/c1-22(19(25)21-16-9-5-4-8-15(16)20)12-6-7-14-10-11-17(23-2)18(13-14)24-3/h4-5,8-11,13H,6-7,12H2,1-3H3,(H,21,25). The average Bonchev–Trinajstić information content (AvgIpc) is 2.63. The maximum Gasteiger partial charge on any atom is 0.173 e. The fourth-order valence-electron chi connectivity index (χ4n) is 2.43. The minimum atomic E-state index is -0.316. The molecule has 25 heavy (non-hydrogen) atoms. The highest BCUT2D eigenvalue weighted by molar-refractivity contribution is 7.80. The molecule has 0 spiro atoms. The molecule has 0 aliphatic carbocycles. The van der Waals surface area contributed by atoms with Crippen LogP contribution in [-0.4, -0.2) is 37.8 Å². The van der Waals surface area contributed by atoms with Gasteiger partial charge >= 0.3 is 0 Å². The van der Waals surface area contributed by atoms with E-state index in [4.69, 9.17) is 21.7 Å². The minimum Gasteiger partial charge on any atom is -0.493 e. The number of hydrogen-bond donors (Lipinski definition) is 1. The normalized spacial score (nSPS) is 10.2. The molecule has 0 aliphatic heterocycles. The van der Waals surface area contributed by atoms with Gasteiger partial charge in [0, 0.05) is 13.6 Å². The monoisotopic (exact) mass is 362 g/mol. The number of rotatable bonds is 7. The van der Waals surface area contributed by atoms with E-state index >= 15 is 0 Å². The summed E-state index contributed by atoms with van der Waals surface area (Å²) in [6.07, 6.45) is 1.79. The van der Waals surface area contributed by atoms with Gasteiger partial charge in [-0.3, -0.25) is 0 Å². The molecule has 0 aliphatic rings. The van der Waals surface area contributed by atoms with E-state index in [-0.39, 0.29) is 5.82 Å². The molecule has 0 fully saturated rings. The second-order valence-electron chi connectivity index (χ2n) is 5.62. The third-order valence-electron chi connectivity index (χ3n) is 3.87. The van der Waals surface area contributed by atoms with E-state index in [9.17, 15) is 4.39 Å². The topological polar surface area (TPSA) is 33.7 Å². The third kappa shape index (κ3) is 5.32. The summed E-state index contributed by atoms with van der Waals surface area (Å²) >= 11 is 5.33. The van der Waals surface area contributed by atoms with E-state index in [1.807, 2.05) is 30.1 Å². The van der Waals surface area contributed by atoms with Gasteiger partial charge in [-0.15, -0.1) is 0 Å². The lowest BCUT2D eigenvalue weighted by Crippen LogP contribution is -2.32. The molecule has 2 aromatic rings. The van der Waals surface area contributed by atoms with Crippen molar-refractivity contribution in [1.29, 1.82) is 0 Å². The van der Waals surface area contributed by atoms with Crippen LogP contribution in [0.2, 0.25) is 0 Å². The summed E-state index contributed by atoms with van der Waals surface area (Å²) in [6.45, 7) is 0.759. The van der Waals surface area contributed by atoms with Crippen LogP contribution in [0.25, 0.3) is 0 Å². The number of aryl methyl sites for hydroxylation is 1. The Hall–Kier alpha value is -2.34. The number of nitrogens with zero attached hydrogens (tertiary/aromatic N) is 1. The zero-order valence-electron chi connectivity index (χ0n) is 14.7. The van der Waals surface area contributed by atoms with Gasteiger partial charge in [0.2, 0.25) is 0 Å². The Labute approximate surface area is 153 Å². The van der Waals surface area contributed by atoms with Crippen molar-refractivity contribution in [3.63, 3.8) is 0 Å². The van der Waals surface area contributed by atoms with Crippen molar-refractivity contribution in [1.82, 2.24) is 4.90 Å². The summed E-state index contributed by atoms with van der Waals surface area (Å²) in [7, 11) is 5.14. The van der Waals surface area contributed by atoms with Crippen LogP contribution in [0.3, 0.4) is 0 Å². The van der Waals surface area contributed by atoms with Crippen LogP contribution in [0.15, 0.2) is 42.5 Å². The maximum absolute atomic E-state index is 13.7. The lowest BCUT2D eigenvalue weighted by Gasteiger charge is -2.21. The van der Waals surface area contributed by atoms with E-state index in [0.29, 0.717) is 10.8 Å². The molecule has 1 N–H and O–H groups in total. The Balaban J connectivity index is 1.84. The molecule has 2 aromatic carbocycles. The van der Waals surface area contributed by atoms with Crippen LogP contribution in [0, 0.1) is 5.82 Å². The van der Waals surface area contributed by atoms with Crippen molar-refractivity contribution >= 4 is 23.0 Å². The van der Waals surface area contributed by atoms with Crippen LogP contribution >= 0.6 is 12.2 Å². The minimum absolute atomic E-state index is 0.316. The van der Waals surface area contributed by atoms with E-state index in [2.05, 4.69) is 5.32 Å². The Morgan fingerprint density at radius 1 is 1.12 bits per heavy atom. The van der Waals surface area contributed by atoms with Gasteiger partial charge in [-0.2, -0.15) is 0 Å². The highest BCUT2D eigenvalue weighted by Gasteiger charge is 2.08. The van der Waals surface area contributed by atoms with Crippen LogP contribution in [-0.2, 0) is 6.42 Å². The van der Waals surface area contributed by atoms with Gasteiger partial charge in [0.15, 0.2) is 16.6 Å². The zero-order valence-corrected chi connectivity index (χ0v) is 15.5. The van der Waals surface area contributed by atoms with E-state index in [1.54, 1.807) is 32.4 Å². The highest BCUT2D eigenvalue weighted by atomic mass is 32.1. The van der Waals surface area contributed by atoms with Crippen molar-refractivity contribution in [2.45, 2.75) is 12.8 Å². The van der Waals surface area contributed by atoms with Gasteiger partial charge < -0.3 is 19.7 Å². The fraction of sp³-hybridized carbons (Fsp3) is 0.316. The van der Waals surface area contributed by atoms with Crippen molar-refractivity contribution in [3.05, 3.63) is 53.8 Å². The van der Waals surface area contributed by atoms with Crippen molar-refractivity contribution in [2.75, 3.05) is 33.1 Å². The maximum atomic E-state index is 13.7. The molecule has 0 unspecified atom stereocenters. The van der Waals surface area contributed by atoms with Crippen molar-refractivity contribution in [3.8, 4) is 11.5 Å². The van der Waals surface area contributed by atoms with Gasteiger partial charge in [0.05, 0.1) is 19.9 Å². The number of halogens is 1. The first kappa shape index (κ1) is 19.0. The molecule has 0 radical (unpaired) electrons. The molecule has 4 nitrogen and oxygen atoms in total. The van der Waals surface area contributed by atoms with Gasteiger partial charge in [-0.25, -0.2) is 4.39 Å². The fourth-order valence-corrected chi connectivity index (χ4v) is 2.63. The van der Waals surface area contributed by atoms with Crippen LogP contribution in [0.1, 0.15) is 12.0 Å². The smallest absolute Gasteiger partial charge is 0.173 e. The number of thiocarbonyl (C=S) groups is 1. The average molecular weight is 362 g/mol. The Bertz CT molecular complexity index is 724. The Morgan fingerprint density at radius 3 is 2.52 bits per heavy atom. The van der Waals surface area contributed by atoms with Crippen LogP contribution < -0.4 is 14.8 Å². The number of ether oxygens (including phenoxy) is 2. The van der Waals surface area contributed by atoms with Gasteiger partial charge in [-0.05, 0) is 54.9 Å². The predicted octanol–water partition coefficient (Wildman–Crippen LogP) is 4.10. The molecule has 0 atom stereocenters. The highest BCUT2D eigenvalue weighted by Crippen LogP contribution is 2.28. The summed E-state index contributed by atoms with van der Waals surface area (Å²) in [6, 6.07) is 12.4. The van der Waals surface area contributed by atoms with E-state index in [1.165, 1.54) is 11.6 Å². The second kappa shape index (κ2) is 9.22. The summed E-state index contributed by atoms with van der Waals surface area (Å²) in [5.41, 5.74) is 1.55. The number of nitrogens with one attached hydrogen (secondary N) is 1. The summed E-state index contributed by atoms with van der Waals surface area (Å²) in [4.78, 5) is 1.91. The van der Waals surface area contributed by atoms with Gasteiger partial charge in [-0.1, -0.05) is 18.2 Å². The van der Waals surface area contributed by atoms with Crippen LogP contribution in [0.5, 0.6) is 11.5 Å². The molecule has 0 heterocycles. The quantitative estimate of drug-likeness (QED) is 0.750. The largest absolute Gasteiger partial charge is 0.493 e. The lowest BCUT2D eigenvalue weighted by atomic mass is 10.1. The molecule has 0 saturated carbocycles. The van der Waals surface area contributed by atoms with E-state index < -0.39 is 0 Å². The number of hydrogen-bond acceptors (Lipinski definition) is 3. The van der Waals surface area contributed by atoms with Crippen molar-refractivity contribution in [2.24, 2.45) is 0 Å². The predicted molar refractivity (Wildman–Crippen MR) is 103 cm³/mol. The molecule has 2 rings (SSSR count). The number of benzene rings is 2. The molecule has 0 aromatic heterocycles. The van der Waals surface area contributed by atoms with Gasteiger partial charge in [0.25, 0.3) is 0 Å². The first-order chi connectivity index (χ1) is 12.0. The first-order valence-electron chi connectivity index (χ1n) is 8.02. The first-order valence-corrected chi connectivity index (χ1v) is 8.43. The van der Waals surface area contributed by atoms with Crippen molar-refractivity contribution < 1.29 is 13.9 Å². The molecule has 6 heteroatoms. The molecule has 0 saturated heterocycles. The molecular formula is C19H23FN2O2S. The Kier molecular flexibility index (Phi) is 7.01. The third-order valence-corrected chi connectivity index (χ3v) is 4.28. The van der Waals surface area contributed by atoms with E-state index in [0.717, 1.165) is 30.9 Å². The summed E-state index contributed by atoms with van der Waals surface area (Å²) < 4.78 is 24.2. The molecule has 0 bridgehead atoms. The second-order valence-corrected chi connectivity index (χ2v) is 6.01. The molecule has 134 valence electrons. The van der Waals surface area contributed by atoms with Crippen LogP contribution in [0.4, 0.5) is 10.1 Å². The summed E-state index contributed by atoms with van der Waals surface area (Å²) in [5.74, 6) is 1.13. The molecular weight excluding hydrogens is 339 g/mol. The number of anilines is 1. The SMILES string of the molecule is COc1ccc(CCCN(C)C(=S)Nc2ccccc2F)cc1OC. The Morgan fingerprint density at radius 2 is 1.84 bits per heavy atom. The summed E-state index contributed by atoms with van der Waals surface area (Å²) in [5, 5.41) is 3.44.